The number of hydrogen-bond donors (Lipinski definition) is 0. The van der Waals surface area contributed by atoms with E-state index in [1.807, 2.05) is 0 Å². The summed E-state index contributed by atoms with van der Waals surface area (Å²) in [7, 11) is 0. The third-order valence-corrected chi connectivity index (χ3v) is 0.878. The Bertz CT molecular complexity index is 80.1. The molecule has 8 heavy (non-hydrogen) atoms. The van der Waals surface area contributed by atoms with Gasteiger partial charge in [-0.3, -0.25) is 0 Å². The SMILES string of the molecule is FCC1(F)OCCO1. The van der Waals surface area contributed by atoms with E-state index in [4.69, 9.17) is 0 Å². The second kappa shape index (κ2) is 1.95. The summed E-state index contributed by atoms with van der Waals surface area (Å²) in [4.78, 5) is 0. The van der Waals surface area contributed by atoms with Gasteiger partial charge in [-0.2, -0.15) is 4.39 Å². The summed E-state index contributed by atoms with van der Waals surface area (Å²) in [6.45, 7) is -0.951. The number of rotatable bonds is 1. The van der Waals surface area contributed by atoms with Crippen molar-refractivity contribution in [1.82, 2.24) is 0 Å². The van der Waals surface area contributed by atoms with Gasteiger partial charge in [-0.15, -0.1) is 0 Å². The van der Waals surface area contributed by atoms with Gasteiger partial charge in [0.1, 0.15) is 0 Å². The summed E-state index contributed by atoms with van der Waals surface area (Å²) in [5, 5.41) is 0. The average Bonchev–Trinajstić information content (AvgIpc) is 2.17. The Kier molecular flexibility index (Phi) is 1.44. The number of halogens is 2. The molecule has 0 N–H and O–H groups in total. The average molecular weight is 124 g/mol. The first-order valence-corrected chi connectivity index (χ1v) is 2.30. The molecule has 48 valence electrons. The van der Waals surface area contributed by atoms with Crippen molar-refractivity contribution in [2.75, 3.05) is 19.9 Å². The summed E-state index contributed by atoms with van der Waals surface area (Å²) in [5.74, 6) is 0. The van der Waals surface area contributed by atoms with E-state index in [0.717, 1.165) is 0 Å². The first-order valence-electron chi connectivity index (χ1n) is 2.30. The van der Waals surface area contributed by atoms with Crippen LogP contribution in [0, 0.1) is 0 Å². The number of alkyl halides is 2. The van der Waals surface area contributed by atoms with Gasteiger partial charge < -0.3 is 9.47 Å². The van der Waals surface area contributed by atoms with Crippen molar-refractivity contribution < 1.29 is 18.3 Å². The normalized spacial score (nSPS) is 26.2. The molecular weight excluding hydrogens is 118 g/mol. The minimum absolute atomic E-state index is 0.139. The Labute approximate surface area is 45.4 Å². The van der Waals surface area contributed by atoms with Crippen molar-refractivity contribution in [3.8, 4) is 0 Å². The maximum Gasteiger partial charge on any atom is 0.349 e. The molecule has 0 spiro atoms. The Morgan fingerprint density at radius 2 is 1.88 bits per heavy atom. The fourth-order valence-corrected chi connectivity index (χ4v) is 0.507. The van der Waals surface area contributed by atoms with Gasteiger partial charge in [-0.25, -0.2) is 4.39 Å². The molecule has 2 nitrogen and oxygen atoms in total. The molecule has 0 aromatic heterocycles. The molecule has 0 unspecified atom stereocenters. The van der Waals surface area contributed by atoms with Crippen LogP contribution in [0.2, 0.25) is 0 Å². The van der Waals surface area contributed by atoms with Gasteiger partial charge in [0.25, 0.3) is 0 Å². The van der Waals surface area contributed by atoms with Crippen molar-refractivity contribution in [2.45, 2.75) is 6.04 Å². The lowest BCUT2D eigenvalue weighted by atomic mass is 10.7. The Hall–Kier alpha value is -0.220. The molecule has 0 atom stereocenters. The molecule has 0 aliphatic carbocycles. The minimum Gasteiger partial charge on any atom is -0.319 e. The van der Waals surface area contributed by atoms with Crippen LogP contribution in [0.5, 0.6) is 0 Å². The molecule has 1 heterocycles. The van der Waals surface area contributed by atoms with E-state index in [9.17, 15) is 8.78 Å². The van der Waals surface area contributed by atoms with Gasteiger partial charge in [0.15, 0.2) is 6.67 Å². The first kappa shape index (κ1) is 5.91. The van der Waals surface area contributed by atoms with E-state index in [-0.39, 0.29) is 13.2 Å². The largest absolute Gasteiger partial charge is 0.349 e. The van der Waals surface area contributed by atoms with Crippen molar-refractivity contribution in [1.29, 1.82) is 0 Å². The highest BCUT2D eigenvalue weighted by Gasteiger charge is 2.36. The molecule has 1 rings (SSSR count). The van der Waals surface area contributed by atoms with Gasteiger partial charge in [-0.1, -0.05) is 0 Å². The van der Waals surface area contributed by atoms with Crippen LogP contribution in [-0.4, -0.2) is 25.9 Å². The quantitative estimate of drug-likeness (QED) is 0.510. The minimum atomic E-state index is -2.43. The van der Waals surface area contributed by atoms with Crippen LogP contribution >= 0.6 is 0 Å². The van der Waals surface area contributed by atoms with Crippen molar-refractivity contribution in [3.05, 3.63) is 0 Å². The van der Waals surface area contributed by atoms with Gasteiger partial charge in [-0.05, 0) is 0 Å². The predicted molar refractivity (Wildman–Crippen MR) is 21.7 cm³/mol. The van der Waals surface area contributed by atoms with Crippen LogP contribution in [0.1, 0.15) is 0 Å². The molecule has 0 aromatic carbocycles. The van der Waals surface area contributed by atoms with E-state index in [0.29, 0.717) is 0 Å². The summed E-state index contributed by atoms with van der Waals surface area (Å²) in [6, 6.07) is -2.43. The third kappa shape index (κ3) is 0.952. The molecule has 0 aromatic rings. The third-order valence-electron chi connectivity index (χ3n) is 0.878. The van der Waals surface area contributed by atoms with Crippen LogP contribution in [0.25, 0.3) is 0 Å². The maximum atomic E-state index is 12.2. The lowest BCUT2D eigenvalue weighted by Crippen LogP contribution is -2.25. The lowest BCUT2D eigenvalue weighted by Gasteiger charge is -2.10. The second-order valence-corrected chi connectivity index (χ2v) is 1.49. The summed E-state index contributed by atoms with van der Waals surface area (Å²) in [6.07, 6.45) is 0. The van der Waals surface area contributed by atoms with E-state index in [2.05, 4.69) is 9.47 Å². The topological polar surface area (TPSA) is 18.5 Å². The van der Waals surface area contributed by atoms with Crippen LogP contribution in [0.15, 0.2) is 0 Å². The highest BCUT2D eigenvalue weighted by Crippen LogP contribution is 2.20. The molecule has 0 amide bonds. The molecule has 1 aliphatic rings. The van der Waals surface area contributed by atoms with Crippen LogP contribution in [0.4, 0.5) is 8.78 Å². The maximum absolute atomic E-state index is 12.2. The zero-order valence-corrected chi connectivity index (χ0v) is 4.19. The molecule has 4 heteroatoms. The van der Waals surface area contributed by atoms with Crippen molar-refractivity contribution in [3.63, 3.8) is 0 Å². The van der Waals surface area contributed by atoms with Gasteiger partial charge in [0.05, 0.1) is 13.2 Å². The Balaban J connectivity index is 2.40. The van der Waals surface area contributed by atoms with Crippen LogP contribution < -0.4 is 0 Å². The summed E-state index contributed by atoms with van der Waals surface area (Å²) >= 11 is 0. The number of ether oxygens (including phenoxy) is 2. The standard InChI is InChI=1S/C4H6F2O2/c5-3-4(6)7-1-2-8-4/h1-3H2. The second-order valence-electron chi connectivity index (χ2n) is 1.49. The van der Waals surface area contributed by atoms with E-state index in [1.54, 1.807) is 0 Å². The fourth-order valence-electron chi connectivity index (χ4n) is 0.507. The van der Waals surface area contributed by atoms with Gasteiger partial charge in [0.2, 0.25) is 0 Å². The Morgan fingerprint density at radius 1 is 1.38 bits per heavy atom. The van der Waals surface area contributed by atoms with Gasteiger partial charge in [0, 0.05) is 0 Å². The van der Waals surface area contributed by atoms with Crippen LogP contribution in [0.3, 0.4) is 0 Å². The Morgan fingerprint density at radius 3 is 2.12 bits per heavy atom. The molecule has 1 fully saturated rings. The molecule has 0 saturated carbocycles. The first-order chi connectivity index (χ1) is 3.77. The zero-order chi connectivity index (χ0) is 6.04. The number of hydrogen-bond acceptors (Lipinski definition) is 2. The van der Waals surface area contributed by atoms with E-state index < -0.39 is 12.7 Å². The van der Waals surface area contributed by atoms with Gasteiger partial charge >= 0.3 is 6.04 Å². The highest BCUT2D eigenvalue weighted by atomic mass is 19.2. The molecular formula is C4H6F2O2. The molecule has 1 aliphatic heterocycles. The smallest absolute Gasteiger partial charge is 0.319 e. The predicted octanol–water partition coefficient (Wildman–Crippen LogP) is 0.626. The van der Waals surface area contributed by atoms with E-state index >= 15 is 0 Å². The molecule has 0 radical (unpaired) electrons. The molecule has 0 bridgehead atoms. The highest BCUT2D eigenvalue weighted by molar-refractivity contribution is 4.57. The summed E-state index contributed by atoms with van der Waals surface area (Å²) in [5.41, 5.74) is 0. The lowest BCUT2D eigenvalue weighted by molar-refractivity contribution is -0.260. The fraction of sp³-hybridized carbons (Fsp3) is 1.00. The van der Waals surface area contributed by atoms with Crippen LogP contribution in [-0.2, 0) is 9.47 Å². The zero-order valence-electron chi connectivity index (χ0n) is 4.19. The van der Waals surface area contributed by atoms with Crippen molar-refractivity contribution >= 4 is 0 Å². The van der Waals surface area contributed by atoms with Crippen molar-refractivity contribution in [2.24, 2.45) is 0 Å². The molecule has 1 saturated heterocycles. The summed E-state index contributed by atoms with van der Waals surface area (Å²) < 4.78 is 32.1. The monoisotopic (exact) mass is 124 g/mol. The van der Waals surface area contributed by atoms with E-state index in [1.165, 1.54) is 0 Å².